The molecule has 86 valence electrons. The number of rotatable bonds is 3. The van der Waals surface area contributed by atoms with Crippen LogP contribution in [0.3, 0.4) is 0 Å². The van der Waals surface area contributed by atoms with E-state index in [9.17, 15) is 0 Å². The van der Waals surface area contributed by atoms with Crippen LogP contribution in [0.25, 0.3) is 10.1 Å². The maximum atomic E-state index is 5.85. The molecule has 17 heavy (non-hydrogen) atoms. The molecular weight excluding hydrogens is 248 g/mol. The Kier molecular flexibility index (Phi) is 2.74. The molecule has 0 saturated heterocycles. The molecule has 0 fully saturated rings. The summed E-state index contributed by atoms with van der Waals surface area (Å²) in [6, 6.07) is 10.5. The van der Waals surface area contributed by atoms with Gasteiger partial charge in [0.2, 0.25) is 0 Å². The van der Waals surface area contributed by atoms with Crippen LogP contribution in [0.1, 0.15) is 4.88 Å². The van der Waals surface area contributed by atoms with E-state index in [-0.39, 0.29) is 0 Å². The first-order valence-electron chi connectivity index (χ1n) is 5.36. The van der Waals surface area contributed by atoms with E-state index in [0.717, 1.165) is 17.9 Å². The number of hydrogen-bond acceptors (Lipinski definition) is 4. The van der Waals surface area contributed by atoms with Crippen molar-refractivity contribution in [1.82, 2.24) is 0 Å². The predicted octanol–water partition coefficient (Wildman–Crippen LogP) is 4.16. The summed E-state index contributed by atoms with van der Waals surface area (Å²) in [5, 5.41) is 8.83. The Morgan fingerprint density at radius 3 is 2.76 bits per heavy atom. The van der Waals surface area contributed by atoms with E-state index in [4.69, 9.17) is 5.73 Å². The molecule has 0 aliphatic carbocycles. The first-order valence-corrected chi connectivity index (χ1v) is 7.12. The molecule has 2 nitrogen and oxygen atoms in total. The average Bonchev–Trinajstić information content (AvgIpc) is 2.94. The molecule has 0 unspecified atom stereocenters. The van der Waals surface area contributed by atoms with Gasteiger partial charge in [0.15, 0.2) is 0 Å². The summed E-state index contributed by atoms with van der Waals surface area (Å²) in [5.41, 5.74) is 7.87. The zero-order valence-corrected chi connectivity index (χ0v) is 10.8. The van der Waals surface area contributed by atoms with Gasteiger partial charge >= 0.3 is 0 Å². The molecule has 0 aliphatic heterocycles. The normalized spacial score (nSPS) is 10.8. The van der Waals surface area contributed by atoms with E-state index >= 15 is 0 Å². The molecule has 0 saturated carbocycles. The van der Waals surface area contributed by atoms with Crippen molar-refractivity contribution in [3.8, 4) is 0 Å². The van der Waals surface area contributed by atoms with E-state index in [1.54, 1.807) is 22.7 Å². The third-order valence-corrected chi connectivity index (χ3v) is 4.52. The van der Waals surface area contributed by atoms with Gasteiger partial charge in [0.1, 0.15) is 0 Å². The van der Waals surface area contributed by atoms with Gasteiger partial charge in [0.25, 0.3) is 0 Å². The molecule has 2 aromatic heterocycles. The van der Waals surface area contributed by atoms with E-state index in [1.165, 1.54) is 15.0 Å². The van der Waals surface area contributed by atoms with Gasteiger partial charge in [0.05, 0.1) is 6.54 Å². The van der Waals surface area contributed by atoms with Crippen LogP contribution in [0.15, 0.2) is 41.1 Å². The Labute approximate surface area is 108 Å². The molecule has 4 heteroatoms. The Morgan fingerprint density at radius 2 is 1.94 bits per heavy atom. The number of hydrogen-bond donors (Lipinski definition) is 2. The molecule has 0 spiro atoms. The summed E-state index contributed by atoms with van der Waals surface area (Å²) in [7, 11) is 0. The van der Waals surface area contributed by atoms with Crippen LogP contribution in [-0.4, -0.2) is 0 Å². The summed E-state index contributed by atoms with van der Waals surface area (Å²) in [6.45, 7) is 0.791. The summed E-state index contributed by atoms with van der Waals surface area (Å²) < 4.78 is 1.33. The van der Waals surface area contributed by atoms with Crippen LogP contribution in [0.4, 0.5) is 11.4 Å². The fraction of sp³-hybridized carbons (Fsp3) is 0.0769. The van der Waals surface area contributed by atoms with E-state index < -0.39 is 0 Å². The lowest BCUT2D eigenvalue weighted by Crippen LogP contribution is -1.99. The molecule has 3 N–H and O–H groups in total. The number of fused-ring (bicyclic) bond motifs is 1. The zero-order valence-electron chi connectivity index (χ0n) is 9.14. The fourth-order valence-corrected chi connectivity index (χ4v) is 3.26. The topological polar surface area (TPSA) is 38.0 Å². The van der Waals surface area contributed by atoms with Crippen molar-refractivity contribution >= 4 is 44.1 Å². The monoisotopic (exact) mass is 260 g/mol. The highest BCUT2D eigenvalue weighted by Gasteiger charge is 2.01. The maximum Gasteiger partial charge on any atom is 0.0514 e. The summed E-state index contributed by atoms with van der Waals surface area (Å²) in [4.78, 5) is 1.19. The average molecular weight is 260 g/mol. The van der Waals surface area contributed by atoms with Crippen molar-refractivity contribution in [2.75, 3.05) is 11.1 Å². The van der Waals surface area contributed by atoms with Crippen molar-refractivity contribution < 1.29 is 0 Å². The minimum Gasteiger partial charge on any atom is -0.398 e. The highest BCUT2D eigenvalue weighted by Crippen LogP contribution is 2.25. The predicted molar refractivity (Wildman–Crippen MR) is 77.9 cm³/mol. The molecule has 2 heterocycles. The third kappa shape index (κ3) is 2.14. The Hall–Kier alpha value is -1.52. The fourth-order valence-electron chi connectivity index (χ4n) is 1.75. The van der Waals surface area contributed by atoms with Gasteiger partial charge < -0.3 is 11.1 Å². The first-order chi connectivity index (χ1) is 8.33. The van der Waals surface area contributed by atoms with Gasteiger partial charge in [-0.3, -0.25) is 0 Å². The van der Waals surface area contributed by atoms with Crippen LogP contribution in [0.2, 0.25) is 0 Å². The summed E-state index contributed by atoms with van der Waals surface area (Å²) in [6.07, 6.45) is 0. The summed E-state index contributed by atoms with van der Waals surface area (Å²) >= 11 is 3.46. The van der Waals surface area contributed by atoms with Crippen LogP contribution in [0, 0.1) is 0 Å². The van der Waals surface area contributed by atoms with Gasteiger partial charge in [-0.25, -0.2) is 0 Å². The second-order valence-corrected chi connectivity index (χ2v) is 5.77. The lowest BCUT2D eigenvalue weighted by Gasteiger charge is -2.05. The zero-order chi connectivity index (χ0) is 11.7. The molecule has 0 atom stereocenters. The largest absolute Gasteiger partial charge is 0.398 e. The van der Waals surface area contributed by atoms with Crippen LogP contribution in [-0.2, 0) is 6.54 Å². The second-order valence-electron chi connectivity index (χ2n) is 3.83. The van der Waals surface area contributed by atoms with Gasteiger partial charge in [-0.15, -0.1) is 22.7 Å². The molecule has 1 aromatic carbocycles. The SMILES string of the molecule is Nc1ccsc1CNc1ccc2sccc2c1. The smallest absolute Gasteiger partial charge is 0.0514 e. The lowest BCUT2D eigenvalue weighted by atomic mass is 10.2. The minimum atomic E-state index is 0.791. The number of nitrogens with one attached hydrogen (secondary N) is 1. The number of nitrogens with two attached hydrogens (primary N) is 1. The third-order valence-electron chi connectivity index (χ3n) is 2.69. The molecule has 0 radical (unpaired) electrons. The van der Waals surface area contributed by atoms with Gasteiger partial charge in [-0.2, -0.15) is 0 Å². The van der Waals surface area contributed by atoms with Crippen molar-refractivity contribution in [3.63, 3.8) is 0 Å². The Balaban J connectivity index is 1.78. The highest BCUT2D eigenvalue weighted by atomic mass is 32.1. The molecular formula is C13H12N2S2. The quantitative estimate of drug-likeness (QED) is 0.742. The molecule has 0 bridgehead atoms. The van der Waals surface area contributed by atoms with Crippen LogP contribution < -0.4 is 11.1 Å². The van der Waals surface area contributed by atoms with Crippen molar-refractivity contribution in [2.24, 2.45) is 0 Å². The highest BCUT2D eigenvalue weighted by molar-refractivity contribution is 7.17. The van der Waals surface area contributed by atoms with Crippen LogP contribution in [0.5, 0.6) is 0 Å². The molecule has 0 aliphatic rings. The van der Waals surface area contributed by atoms with Crippen LogP contribution >= 0.6 is 22.7 Å². The lowest BCUT2D eigenvalue weighted by molar-refractivity contribution is 1.20. The maximum absolute atomic E-state index is 5.85. The van der Waals surface area contributed by atoms with Crippen molar-refractivity contribution in [2.45, 2.75) is 6.54 Å². The van der Waals surface area contributed by atoms with E-state index in [0.29, 0.717) is 0 Å². The standard InChI is InChI=1S/C13H12N2S2/c14-11-4-6-17-13(11)8-15-10-1-2-12-9(7-10)3-5-16-12/h1-7,15H,8,14H2. The van der Waals surface area contributed by atoms with Gasteiger partial charge in [-0.1, -0.05) is 0 Å². The molecule has 3 aromatic rings. The Bertz CT molecular complexity index is 639. The molecule has 3 rings (SSSR count). The molecule has 0 amide bonds. The van der Waals surface area contributed by atoms with Crippen molar-refractivity contribution in [1.29, 1.82) is 0 Å². The summed E-state index contributed by atoms with van der Waals surface area (Å²) in [5.74, 6) is 0. The van der Waals surface area contributed by atoms with E-state index in [2.05, 4.69) is 35.0 Å². The number of nitrogen functional groups attached to an aromatic ring is 1. The first kappa shape index (κ1) is 10.6. The van der Waals surface area contributed by atoms with Gasteiger partial charge in [-0.05, 0) is 46.5 Å². The van der Waals surface area contributed by atoms with Crippen molar-refractivity contribution in [3.05, 3.63) is 46.0 Å². The van der Waals surface area contributed by atoms with Gasteiger partial charge in [0, 0.05) is 21.0 Å². The Morgan fingerprint density at radius 1 is 1.06 bits per heavy atom. The van der Waals surface area contributed by atoms with E-state index in [1.807, 2.05) is 11.4 Å². The second kappa shape index (κ2) is 4.39. The minimum absolute atomic E-state index is 0.791. The number of anilines is 2. The number of thiophene rings is 2. The number of benzene rings is 1.